The molecule has 0 atom stereocenters. The molecule has 0 unspecified atom stereocenters. The minimum Gasteiger partial charge on any atom is -0.326 e. The van der Waals surface area contributed by atoms with E-state index in [1.807, 2.05) is 66.2 Å². The SMILES string of the molecule is Cc1nn(-c2ccccc2)c2sc(C(=O)Nc3cccc(NC(=O)C4CC4)c3)cc12. The average Bonchev–Trinajstić information content (AvgIpc) is 3.43. The number of hydrogen-bond donors (Lipinski definition) is 2. The van der Waals surface area contributed by atoms with Crippen molar-refractivity contribution in [3.05, 3.63) is 71.2 Å². The summed E-state index contributed by atoms with van der Waals surface area (Å²) in [6.07, 6.45) is 1.90. The molecular formula is C23H20N4O2S. The van der Waals surface area contributed by atoms with E-state index in [2.05, 4.69) is 15.7 Å². The van der Waals surface area contributed by atoms with Gasteiger partial charge in [0.1, 0.15) is 4.83 Å². The second-order valence-corrected chi connectivity index (χ2v) is 8.49. The summed E-state index contributed by atoms with van der Waals surface area (Å²) >= 11 is 1.41. The summed E-state index contributed by atoms with van der Waals surface area (Å²) in [6.45, 7) is 1.95. The predicted octanol–water partition coefficient (Wildman–Crippen LogP) is 5.00. The van der Waals surface area contributed by atoms with Crippen molar-refractivity contribution < 1.29 is 9.59 Å². The Balaban J connectivity index is 1.38. The molecule has 2 N–H and O–H groups in total. The van der Waals surface area contributed by atoms with Crippen LogP contribution < -0.4 is 10.6 Å². The molecule has 4 aromatic rings. The number of aryl methyl sites for hydroxylation is 1. The molecule has 2 aromatic carbocycles. The van der Waals surface area contributed by atoms with E-state index >= 15 is 0 Å². The van der Waals surface area contributed by atoms with Gasteiger partial charge in [-0.1, -0.05) is 24.3 Å². The van der Waals surface area contributed by atoms with E-state index in [0.717, 1.165) is 34.4 Å². The number of nitrogens with zero attached hydrogens (tertiary/aromatic N) is 2. The van der Waals surface area contributed by atoms with E-state index in [4.69, 9.17) is 0 Å². The molecule has 2 amide bonds. The lowest BCUT2D eigenvalue weighted by atomic mass is 10.2. The molecule has 2 heterocycles. The minimum absolute atomic E-state index is 0.0453. The van der Waals surface area contributed by atoms with Crippen LogP contribution in [0, 0.1) is 12.8 Å². The number of fused-ring (bicyclic) bond motifs is 1. The topological polar surface area (TPSA) is 76.0 Å². The molecule has 30 heavy (non-hydrogen) atoms. The highest BCUT2D eigenvalue weighted by Gasteiger charge is 2.29. The Hall–Kier alpha value is -3.45. The first-order chi connectivity index (χ1) is 14.6. The molecule has 1 fully saturated rings. The van der Waals surface area contributed by atoms with E-state index in [9.17, 15) is 9.59 Å². The first-order valence-corrected chi connectivity index (χ1v) is 10.7. The maximum atomic E-state index is 12.9. The molecule has 0 spiro atoms. The number of carbonyl (C=O) groups excluding carboxylic acids is 2. The third-order valence-corrected chi connectivity index (χ3v) is 6.21. The zero-order chi connectivity index (χ0) is 20.7. The summed E-state index contributed by atoms with van der Waals surface area (Å²) in [7, 11) is 0. The van der Waals surface area contributed by atoms with Crippen LogP contribution >= 0.6 is 11.3 Å². The van der Waals surface area contributed by atoms with Gasteiger partial charge in [-0.2, -0.15) is 5.10 Å². The monoisotopic (exact) mass is 416 g/mol. The molecule has 7 heteroatoms. The second-order valence-electron chi connectivity index (χ2n) is 7.46. The van der Waals surface area contributed by atoms with Gasteiger partial charge in [0.2, 0.25) is 5.91 Å². The molecule has 1 saturated carbocycles. The predicted molar refractivity (Wildman–Crippen MR) is 119 cm³/mol. The normalized spacial score (nSPS) is 13.4. The number of amides is 2. The molecule has 1 aliphatic rings. The van der Waals surface area contributed by atoms with Crippen molar-refractivity contribution in [3.63, 3.8) is 0 Å². The van der Waals surface area contributed by atoms with Gasteiger partial charge in [0.05, 0.1) is 16.3 Å². The highest BCUT2D eigenvalue weighted by molar-refractivity contribution is 7.20. The maximum absolute atomic E-state index is 12.9. The molecule has 0 saturated heterocycles. The van der Waals surface area contributed by atoms with Crippen LogP contribution in [0.5, 0.6) is 0 Å². The highest BCUT2D eigenvalue weighted by atomic mass is 32.1. The van der Waals surface area contributed by atoms with Gasteiger partial charge in [-0.25, -0.2) is 4.68 Å². The number of para-hydroxylation sites is 1. The lowest BCUT2D eigenvalue weighted by Gasteiger charge is -2.08. The number of anilines is 2. The molecule has 6 nitrogen and oxygen atoms in total. The lowest BCUT2D eigenvalue weighted by Crippen LogP contribution is -2.14. The second kappa shape index (κ2) is 7.42. The Morgan fingerprint density at radius 1 is 1.00 bits per heavy atom. The molecule has 1 aliphatic carbocycles. The van der Waals surface area contributed by atoms with Crippen LogP contribution in [0.25, 0.3) is 15.9 Å². The van der Waals surface area contributed by atoms with Gasteiger partial charge in [0, 0.05) is 22.7 Å². The van der Waals surface area contributed by atoms with Crippen LogP contribution in [0.2, 0.25) is 0 Å². The third-order valence-electron chi connectivity index (χ3n) is 5.11. The average molecular weight is 417 g/mol. The van der Waals surface area contributed by atoms with Crippen LogP contribution in [0.1, 0.15) is 28.2 Å². The first-order valence-electron chi connectivity index (χ1n) is 9.85. The molecule has 150 valence electrons. The number of rotatable bonds is 5. The van der Waals surface area contributed by atoms with Crippen molar-refractivity contribution in [2.45, 2.75) is 19.8 Å². The fourth-order valence-corrected chi connectivity index (χ4v) is 4.44. The Bertz CT molecular complexity index is 1250. The Morgan fingerprint density at radius 3 is 2.47 bits per heavy atom. The largest absolute Gasteiger partial charge is 0.326 e. The van der Waals surface area contributed by atoms with Crippen LogP contribution in [-0.2, 0) is 4.79 Å². The zero-order valence-corrected chi connectivity index (χ0v) is 17.2. The van der Waals surface area contributed by atoms with E-state index in [1.54, 1.807) is 6.07 Å². The smallest absolute Gasteiger partial charge is 0.265 e. The number of hydrogen-bond acceptors (Lipinski definition) is 4. The summed E-state index contributed by atoms with van der Waals surface area (Å²) in [4.78, 5) is 26.4. The molecule has 0 bridgehead atoms. The third kappa shape index (κ3) is 3.59. The van der Waals surface area contributed by atoms with Gasteiger partial charge in [-0.15, -0.1) is 11.3 Å². The van der Waals surface area contributed by atoms with Crippen molar-refractivity contribution in [2.24, 2.45) is 5.92 Å². The molecule has 0 aliphatic heterocycles. The lowest BCUT2D eigenvalue weighted by molar-refractivity contribution is -0.117. The number of carbonyl (C=O) groups is 2. The molecule has 0 radical (unpaired) electrons. The fraction of sp³-hybridized carbons (Fsp3) is 0.174. The standard InChI is InChI=1S/C23H20N4O2S/c1-14-19-13-20(30-23(19)27(26-14)18-8-3-2-4-9-18)22(29)25-17-7-5-6-16(12-17)24-21(28)15-10-11-15/h2-9,12-13,15H,10-11H2,1H3,(H,24,28)(H,25,29). The van der Waals surface area contributed by atoms with E-state index in [1.165, 1.54) is 11.3 Å². The van der Waals surface area contributed by atoms with E-state index in [-0.39, 0.29) is 17.7 Å². The van der Waals surface area contributed by atoms with Gasteiger partial charge in [-0.05, 0) is 56.2 Å². The van der Waals surface area contributed by atoms with Gasteiger partial charge < -0.3 is 10.6 Å². The molecular weight excluding hydrogens is 396 g/mol. The van der Waals surface area contributed by atoms with Gasteiger partial charge in [0.15, 0.2) is 0 Å². The Kier molecular flexibility index (Phi) is 4.59. The summed E-state index contributed by atoms with van der Waals surface area (Å²) in [6, 6.07) is 19.0. The summed E-state index contributed by atoms with van der Waals surface area (Å²) in [5.74, 6) is -0.000906. The van der Waals surface area contributed by atoms with E-state index in [0.29, 0.717) is 16.3 Å². The highest BCUT2D eigenvalue weighted by Crippen LogP contribution is 2.32. The van der Waals surface area contributed by atoms with Crippen LogP contribution in [0.4, 0.5) is 11.4 Å². The summed E-state index contributed by atoms with van der Waals surface area (Å²) in [5, 5.41) is 11.4. The van der Waals surface area contributed by atoms with Crippen molar-refractivity contribution in [2.75, 3.05) is 10.6 Å². The minimum atomic E-state index is -0.180. The number of nitrogens with one attached hydrogen (secondary N) is 2. The number of aromatic nitrogens is 2. The summed E-state index contributed by atoms with van der Waals surface area (Å²) < 4.78 is 1.88. The number of benzene rings is 2. The fourth-order valence-electron chi connectivity index (χ4n) is 3.36. The van der Waals surface area contributed by atoms with Crippen molar-refractivity contribution >= 4 is 44.7 Å². The quantitative estimate of drug-likeness (QED) is 0.481. The Morgan fingerprint density at radius 2 is 1.73 bits per heavy atom. The zero-order valence-electron chi connectivity index (χ0n) is 16.4. The van der Waals surface area contributed by atoms with Gasteiger partial charge in [-0.3, -0.25) is 9.59 Å². The van der Waals surface area contributed by atoms with Crippen LogP contribution in [-0.4, -0.2) is 21.6 Å². The maximum Gasteiger partial charge on any atom is 0.265 e. The summed E-state index contributed by atoms with van der Waals surface area (Å²) in [5.41, 5.74) is 3.18. The molecule has 2 aromatic heterocycles. The van der Waals surface area contributed by atoms with E-state index < -0.39 is 0 Å². The van der Waals surface area contributed by atoms with Crippen LogP contribution in [0.15, 0.2) is 60.7 Å². The van der Waals surface area contributed by atoms with Crippen molar-refractivity contribution in [3.8, 4) is 5.69 Å². The Labute approximate surface area is 177 Å². The van der Waals surface area contributed by atoms with Gasteiger partial charge in [0.25, 0.3) is 5.91 Å². The van der Waals surface area contributed by atoms with Gasteiger partial charge >= 0.3 is 0 Å². The van der Waals surface area contributed by atoms with Crippen molar-refractivity contribution in [1.82, 2.24) is 9.78 Å². The van der Waals surface area contributed by atoms with Crippen molar-refractivity contribution in [1.29, 1.82) is 0 Å². The number of thiophene rings is 1. The van der Waals surface area contributed by atoms with Crippen LogP contribution in [0.3, 0.4) is 0 Å². The first kappa shape index (κ1) is 18.6. The molecule has 5 rings (SSSR count).